The zero-order valence-electron chi connectivity index (χ0n) is 20.5. The zero-order valence-corrected chi connectivity index (χ0v) is 20.5. The van der Waals surface area contributed by atoms with Crippen LogP contribution in [-0.4, -0.2) is 41.8 Å². The largest absolute Gasteiger partial charge is 0.508 e. The molecule has 39 heavy (non-hydrogen) atoms. The first kappa shape index (κ1) is 24.6. The number of phenolic OH excluding ortho intramolecular Hbond substituents is 6. The number of aliphatic hydroxyl groups is 1. The van der Waals surface area contributed by atoms with Crippen molar-refractivity contribution in [3.63, 3.8) is 0 Å². The molecule has 0 spiro atoms. The van der Waals surface area contributed by atoms with Crippen LogP contribution in [0.4, 0.5) is 0 Å². The Labute approximate surface area is 223 Å². The SMILES string of the molecule is Oc1ccc([C@@H]2C[C@H](c3c(O)cc(O)c4c3O[C@H](c3ccc(O)c(O)c3)[C@@H](O)C4)c3ccc(O)cc3O2)cc1. The summed E-state index contributed by atoms with van der Waals surface area (Å²) in [5.74, 6) is -0.935. The van der Waals surface area contributed by atoms with Gasteiger partial charge in [0.1, 0.15) is 46.7 Å². The Balaban J connectivity index is 1.49. The van der Waals surface area contributed by atoms with E-state index in [9.17, 15) is 35.7 Å². The minimum Gasteiger partial charge on any atom is -0.508 e. The van der Waals surface area contributed by atoms with Gasteiger partial charge in [-0.05, 0) is 47.9 Å². The van der Waals surface area contributed by atoms with Crippen molar-refractivity contribution in [2.75, 3.05) is 0 Å². The normalized spacial score (nSPS) is 21.8. The molecular weight excluding hydrogens is 504 g/mol. The second kappa shape index (κ2) is 9.21. The maximum absolute atomic E-state index is 11.2. The van der Waals surface area contributed by atoms with Crippen LogP contribution in [0.5, 0.6) is 46.0 Å². The number of aromatic hydroxyl groups is 6. The summed E-state index contributed by atoms with van der Waals surface area (Å²) in [7, 11) is 0. The molecule has 0 radical (unpaired) electrons. The summed E-state index contributed by atoms with van der Waals surface area (Å²) in [6.45, 7) is 0. The van der Waals surface area contributed by atoms with E-state index in [0.29, 0.717) is 34.4 Å². The highest BCUT2D eigenvalue weighted by Gasteiger charge is 2.40. The second-order valence-corrected chi connectivity index (χ2v) is 9.90. The Morgan fingerprint density at radius 1 is 0.641 bits per heavy atom. The molecule has 200 valence electrons. The van der Waals surface area contributed by atoms with Gasteiger partial charge in [0, 0.05) is 41.2 Å². The quantitative estimate of drug-likeness (QED) is 0.188. The van der Waals surface area contributed by atoms with E-state index in [2.05, 4.69) is 0 Å². The van der Waals surface area contributed by atoms with Gasteiger partial charge in [0.25, 0.3) is 0 Å². The lowest BCUT2D eigenvalue weighted by molar-refractivity contribution is 0.0184. The van der Waals surface area contributed by atoms with Gasteiger partial charge < -0.3 is 45.2 Å². The summed E-state index contributed by atoms with van der Waals surface area (Å²) < 4.78 is 12.5. The van der Waals surface area contributed by atoms with Gasteiger partial charge in [-0.25, -0.2) is 0 Å². The third-order valence-corrected chi connectivity index (χ3v) is 7.42. The molecule has 0 amide bonds. The minimum absolute atomic E-state index is 0.00221. The van der Waals surface area contributed by atoms with Crippen molar-refractivity contribution in [2.45, 2.75) is 37.1 Å². The van der Waals surface area contributed by atoms with E-state index in [1.54, 1.807) is 30.3 Å². The van der Waals surface area contributed by atoms with Crippen molar-refractivity contribution < 1.29 is 45.2 Å². The topological polar surface area (TPSA) is 160 Å². The van der Waals surface area contributed by atoms with Crippen LogP contribution < -0.4 is 9.47 Å². The molecule has 7 N–H and O–H groups in total. The summed E-state index contributed by atoms with van der Waals surface area (Å²) in [6.07, 6.45) is -2.20. The molecule has 2 heterocycles. The fourth-order valence-corrected chi connectivity index (χ4v) is 5.51. The van der Waals surface area contributed by atoms with Crippen molar-refractivity contribution in [3.05, 3.63) is 94.5 Å². The van der Waals surface area contributed by atoms with Crippen LogP contribution in [0.25, 0.3) is 0 Å². The number of hydrogen-bond donors (Lipinski definition) is 7. The zero-order chi connectivity index (χ0) is 27.4. The smallest absolute Gasteiger partial charge is 0.157 e. The van der Waals surface area contributed by atoms with Gasteiger partial charge in [-0.15, -0.1) is 0 Å². The van der Waals surface area contributed by atoms with E-state index < -0.39 is 24.2 Å². The van der Waals surface area contributed by atoms with Crippen LogP contribution in [0, 0.1) is 0 Å². The third-order valence-electron chi connectivity index (χ3n) is 7.42. The fourth-order valence-electron chi connectivity index (χ4n) is 5.51. The lowest BCUT2D eigenvalue weighted by Gasteiger charge is -2.37. The molecule has 4 atom stereocenters. The van der Waals surface area contributed by atoms with E-state index in [1.807, 2.05) is 0 Å². The van der Waals surface area contributed by atoms with E-state index in [0.717, 1.165) is 5.56 Å². The monoisotopic (exact) mass is 530 g/mol. The molecule has 9 heteroatoms. The van der Waals surface area contributed by atoms with Crippen molar-refractivity contribution in [1.82, 2.24) is 0 Å². The van der Waals surface area contributed by atoms with E-state index in [1.165, 1.54) is 36.4 Å². The van der Waals surface area contributed by atoms with Gasteiger partial charge in [0.2, 0.25) is 0 Å². The summed E-state index contributed by atoms with van der Waals surface area (Å²) in [4.78, 5) is 0. The maximum Gasteiger partial charge on any atom is 0.157 e. The Kier molecular flexibility index (Phi) is 5.80. The van der Waals surface area contributed by atoms with Crippen LogP contribution in [0.1, 0.15) is 52.4 Å². The molecule has 6 rings (SSSR count). The molecular formula is C30H26O9. The number of ether oxygens (including phenoxy) is 2. The first-order valence-corrected chi connectivity index (χ1v) is 12.4. The summed E-state index contributed by atoms with van der Waals surface area (Å²) >= 11 is 0. The number of aliphatic hydroxyl groups excluding tert-OH is 1. The Morgan fingerprint density at radius 2 is 1.36 bits per heavy atom. The molecule has 0 bridgehead atoms. The molecule has 0 unspecified atom stereocenters. The highest BCUT2D eigenvalue weighted by Crippen LogP contribution is 2.55. The fraction of sp³-hybridized carbons (Fsp3) is 0.200. The molecule has 9 nitrogen and oxygen atoms in total. The number of fused-ring (bicyclic) bond motifs is 2. The van der Waals surface area contributed by atoms with Crippen LogP contribution in [0.2, 0.25) is 0 Å². The molecule has 4 aromatic carbocycles. The highest BCUT2D eigenvalue weighted by atomic mass is 16.5. The van der Waals surface area contributed by atoms with Crippen molar-refractivity contribution in [3.8, 4) is 46.0 Å². The standard InChI is InChI=1S/C30H26O9/c31-16-4-1-14(2-5-16)26-12-19(18-7-6-17(32)10-27(18)38-26)28-24(36)13-22(34)20-11-25(37)29(39-30(20)28)15-3-8-21(33)23(35)9-15/h1-10,13,19,25-26,29,31-37H,11-12H2/t19-,25-,26-,29+/m0/s1. The first-order valence-electron chi connectivity index (χ1n) is 12.4. The molecule has 2 aliphatic rings. The van der Waals surface area contributed by atoms with E-state index in [4.69, 9.17) is 9.47 Å². The van der Waals surface area contributed by atoms with Gasteiger partial charge in [0.05, 0.1) is 6.10 Å². The molecule has 0 fully saturated rings. The molecule has 4 aromatic rings. The van der Waals surface area contributed by atoms with Crippen LogP contribution >= 0.6 is 0 Å². The Morgan fingerprint density at radius 3 is 2.10 bits per heavy atom. The van der Waals surface area contributed by atoms with Crippen LogP contribution in [-0.2, 0) is 6.42 Å². The number of benzene rings is 4. The minimum atomic E-state index is -1.09. The molecule has 2 aliphatic heterocycles. The van der Waals surface area contributed by atoms with E-state index in [-0.39, 0.29) is 46.7 Å². The van der Waals surface area contributed by atoms with Crippen LogP contribution in [0.15, 0.2) is 66.7 Å². The molecule has 0 aliphatic carbocycles. The van der Waals surface area contributed by atoms with Gasteiger partial charge in [-0.1, -0.05) is 24.3 Å². The average Bonchev–Trinajstić information content (AvgIpc) is 2.90. The van der Waals surface area contributed by atoms with Crippen molar-refractivity contribution in [2.24, 2.45) is 0 Å². The molecule has 0 saturated carbocycles. The van der Waals surface area contributed by atoms with Crippen molar-refractivity contribution in [1.29, 1.82) is 0 Å². The predicted octanol–water partition coefficient (Wildman–Crippen LogP) is 4.61. The number of phenols is 6. The molecule has 0 saturated heterocycles. The highest BCUT2D eigenvalue weighted by molar-refractivity contribution is 5.63. The van der Waals surface area contributed by atoms with Gasteiger partial charge >= 0.3 is 0 Å². The van der Waals surface area contributed by atoms with E-state index >= 15 is 0 Å². The summed E-state index contributed by atoms with van der Waals surface area (Å²) in [6, 6.07) is 16.6. The Bertz CT molecular complexity index is 1560. The second-order valence-electron chi connectivity index (χ2n) is 9.90. The van der Waals surface area contributed by atoms with Crippen molar-refractivity contribution >= 4 is 0 Å². The summed E-state index contributed by atoms with van der Waals surface area (Å²) in [5.41, 5.74) is 2.55. The molecule has 0 aromatic heterocycles. The predicted molar refractivity (Wildman–Crippen MR) is 139 cm³/mol. The van der Waals surface area contributed by atoms with Gasteiger partial charge in [-0.3, -0.25) is 0 Å². The Hall–Kier alpha value is -4.76. The van der Waals surface area contributed by atoms with Gasteiger partial charge in [0.15, 0.2) is 11.5 Å². The lowest BCUT2D eigenvalue weighted by Crippen LogP contribution is -2.31. The maximum atomic E-state index is 11.2. The number of hydrogen-bond acceptors (Lipinski definition) is 9. The average molecular weight is 531 g/mol. The third kappa shape index (κ3) is 4.26. The first-order chi connectivity index (χ1) is 18.7. The lowest BCUT2D eigenvalue weighted by atomic mass is 9.79. The number of rotatable bonds is 3. The summed E-state index contributed by atoms with van der Waals surface area (Å²) in [5, 5.41) is 72.5. The van der Waals surface area contributed by atoms with Gasteiger partial charge in [-0.2, -0.15) is 0 Å². The van der Waals surface area contributed by atoms with Crippen LogP contribution in [0.3, 0.4) is 0 Å².